The van der Waals surface area contributed by atoms with Gasteiger partial charge >= 0.3 is 5.97 Å². The standard InChI is InChI=1S/C37H38N4O6/c1-37(2,47-36(42)28-12-8-11-27(19-28)24-46-41(43)44)22-35-32(20-26-9-7-10-26)33-21-31(45-25-30-14-4-6-18-39-30)15-16-34(33)40(35)23-29-13-3-5-17-38-29/h3-6,8,11-19,21,26H,7,9-10,20,22-25H2,1-2H3. The fourth-order valence-electron chi connectivity index (χ4n) is 6.10. The predicted molar refractivity (Wildman–Crippen MR) is 176 cm³/mol. The predicted octanol–water partition coefficient (Wildman–Crippen LogP) is 7.29. The molecule has 6 rings (SSSR count). The van der Waals surface area contributed by atoms with Crippen molar-refractivity contribution in [2.24, 2.45) is 5.92 Å². The molecule has 47 heavy (non-hydrogen) atoms. The van der Waals surface area contributed by atoms with Gasteiger partial charge in [0.25, 0.3) is 5.09 Å². The molecule has 1 aliphatic rings. The van der Waals surface area contributed by atoms with Gasteiger partial charge in [0.1, 0.15) is 24.6 Å². The van der Waals surface area contributed by atoms with Crippen LogP contribution in [0.25, 0.3) is 10.9 Å². The molecule has 0 N–H and O–H groups in total. The van der Waals surface area contributed by atoms with Gasteiger partial charge in [0.2, 0.25) is 0 Å². The molecule has 1 aliphatic carbocycles. The third-order valence-electron chi connectivity index (χ3n) is 8.60. The quantitative estimate of drug-likeness (QED) is 0.0710. The van der Waals surface area contributed by atoms with Crippen LogP contribution in [0.2, 0.25) is 0 Å². The van der Waals surface area contributed by atoms with Crippen LogP contribution in [0.3, 0.4) is 0 Å². The van der Waals surface area contributed by atoms with Crippen LogP contribution in [0.5, 0.6) is 5.75 Å². The van der Waals surface area contributed by atoms with Gasteiger partial charge in [-0.05, 0) is 91.9 Å². The smallest absolute Gasteiger partial charge is 0.338 e. The number of carbonyl (C=O) groups excluding carboxylic acids is 1. The maximum Gasteiger partial charge on any atom is 0.338 e. The molecule has 0 saturated heterocycles. The molecule has 0 radical (unpaired) electrons. The monoisotopic (exact) mass is 634 g/mol. The van der Waals surface area contributed by atoms with Gasteiger partial charge < -0.3 is 18.9 Å². The highest BCUT2D eigenvalue weighted by molar-refractivity contribution is 5.90. The molecule has 2 aromatic carbocycles. The van der Waals surface area contributed by atoms with E-state index < -0.39 is 16.7 Å². The molecule has 10 nitrogen and oxygen atoms in total. The number of benzene rings is 2. The van der Waals surface area contributed by atoms with E-state index in [2.05, 4.69) is 31.5 Å². The van der Waals surface area contributed by atoms with Crippen molar-refractivity contribution in [3.63, 3.8) is 0 Å². The van der Waals surface area contributed by atoms with Crippen molar-refractivity contribution in [1.82, 2.24) is 14.5 Å². The molecule has 0 spiro atoms. The van der Waals surface area contributed by atoms with Gasteiger partial charge in [-0.1, -0.05) is 43.5 Å². The third-order valence-corrected chi connectivity index (χ3v) is 8.60. The molecular formula is C37H38N4O6. The summed E-state index contributed by atoms with van der Waals surface area (Å²) in [6, 6.07) is 24.5. The Bertz CT molecular complexity index is 1850. The molecule has 0 bridgehead atoms. The summed E-state index contributed by atoms with van der Waals surface area (Å²) in [6.07, 6.45) is 8.58. The molecule has 3 aromatic heterocycles. The number of pyridine rings is 2. The van der Waals surface area contributed by atoms with Gasteiger partial charge in [0.05, 0.1) is 23.5 Å². The van der Waals surface area contributed by atoms with Crippen molar-refractivity contribution in [3.8, 4) is 5.75 Å². The maximum atomic E-state index is 13.4. The van der Waals surface area contributed by atoms with Crippen LogP contribution in [-0.2, 0) is 42.2 Å². The molecule has 3 heterocycles. The first kappa shape index (κ1) is 31.7. The minimum Gasteiger partial charge on any atom is -0.487 e. The summed E-state index contributed by atoms with van der Waals surface area (Å²) >= 11 is 0. The van der Waals surface area contributed by atoms with Crippen LogP contribution in [0.15, 0.2) is 91.3 Å². The summed E-state index contributed by atoms with van der Waals surface area (Å²) in [6.45, 7) is 4.52. The van der Waals surface area contributed by atoms with Gasteiger partial charge in [-0.25, -0.2) is 4.79 Å². The van der Waals surface area contributed by atoms with E-state index in [0.29, 0.717) is 36.6 Å². The highest BCUT2D eigenvalue weighted by atomic mass is 16.9. The Kier molecular flexibility index (Phi) is 9.47. The first-order chi connectivity index (χ1) is 22.7. The summed E-state index contributed by atoms with van der Waals surface area (Å²) in [4.78, 5) is 37.6. The zero-order valence-corrected chi connectivity index (χ0v) is 26.6. The molecule has 0 amide bonds. The number of nitrogens with zero attached hydrogens (tertiary/aromatic N) is 4. The summed E-state index contributed by atoms with van der Waals surface area (Å²) in [5.41, 5.74) is 5.14. The largest absolute Gasteiger partial charge is 0.487 e. The minimum absolute atomic E-state index is 0.247. The van der Waals surface area contributed by atoms with E-state index in [1.165, 1.54) is 24.8 Å². The molecule has 242 valence electrons. The molecule has 0 atom stereocenters. The SMILES string of the molecule is CC(C)(Cc1c(CC2CCC2)c2cc(OCc3ccccn3)ccc2n1Cc1ccccn1)OC(=O)c1cccc(CO[N+](=O)[O-])c1. The van der Waals surface area contributed by atoms with E-state index in [0.717, 1.165) is 40.2 Å². The highest BCUT2D eigenvalue weighted by Crippen LogP contribution is 2.38. The Morgan fingerprint density at radius 3 is 2.40 bits per heavy atom. The number of esters is 1. The second-order valence-corrected chi connectivity index (χ2v) is 12.6. The van der Waals surface area contributed by atoms with Gasteiger partial charge in [0.15, 0.2) is 0 Å². The van der Waals surface area contributed by atoms with Crippen molar-refractivity contribution in [2.75, 3.05) is 0 Å². The number of hydrogen-bond donors (Lipinski definition) is 0. The van der Waals surface area contributed by atoms with Gasteiger partial charge in [-0.2, -0.15) is 0 Å². The Labute approximate surface area is 273 Å². The molecule has 1 saturated carbocycles. The molecule has 0 aliphatic heterocycles. The minimum atomic E-state index is -0.882. The van der Waals surface area contributed by atoms with Crippen molar-refractivity contribution in [2.45, 2.75) is 71.3 Å². The van der Waals surface area contributed by atoms with Crippen LogP contribution in [0.1, 0.15) is 71.7 Å². The van der Waals surface area contributed by atoms with Crippen LogP contribution in [-0.4, -0.2) is 31.2 Å². The van der Waals surface area contributed by atoms with E-state index in [1.807, 2.05) is 56.3 Å². The lowest BCUT2D eigenvalue weighted by Crippen LogP contribution is -2.32. The summed E-state index contributed by atoms with van der Waals surface area (Å²) in [5, 5.41) is 10.9. The van der Waals surface area contributed by atoms with Gasteiger partial charge in [-0.3, -0.25) is 9.97 Å². The lowest BCUT2D eigenvalue weighted by Gasteiger charge is -2.29. The summed E-state index contributed by atoms with van der Waals surface area (Å²) in [7, 11) is 0. The Morgan fingerprint density at radius 2 is 1.72 bits per heavy atom. The molecule has 10 heteroatoms. The molecular weight excluding hydrogens is 596 g/mol. The fourth-order valence-corrected chi connectivity index (χ4v) is 6.10. The fraction of sp³-hybridized carbons (Fsp3) is 0.324. The molecule has 0 unspecified atom stereocenters. The van der Waals surface area contributed by atoms with Crippen molar-refractivity contribution in [3.05, 3.63) is 135 Å². The number of hydrogen-bond acceptors (Lipinski definition) is 8. The zero-order chi connectivity index (χ0) is 32.8. The topological polar surface area (TPSA) is 119 Å². The van der Waals surface area contributed by atoms with Crippen molar-refractivity contribution < 1.29 is 24.2 Å². The lowest BCUT2D eigenvalue weighted by atomic mass is 9.80. The Hall–Kier alpha value is -5.25. The second kappa shape index (κ2) is 14.0. The van der Waals surface area contributed by atoms with E-state index >= 15 is 0 Å². The highest BCUT2D eigenvalue weighted by Gasteiger charge is 2.31. The van der Waals surface area contributed by atoms with Gasteiger partial charge in [0, 0.05) is 35.4 Å². The average molecular weight is 635 g/mol. The van der Waals surface area contributed by atoms with E-state index in [-0.39, 0.29) is 6.61 Å². The molecule has 5 aromatic rings. The van der Waals surface area contributed by atoms with Crippen LogP contribution in [0.4, 0.5) is 0 Å². The van der Waals surface area contributed by atoms with E-state index in [4.69, 9.17) is 9.47 Å². The summed E-state index contributed by atoms with van der Waals surface area (Å²) < 4.78 is 14.7. The number of fused-ring (bicyclic) bond motifs is 1. The molecule has 1 fully saturated rings. The summed E-state index contributed by atoms with van der Waals surface area (Å²) in [5.74, 6) is 0.859. The van der Waals surface area contributed by atoms with Crippen LogP contribution < -0.4 is 4.74 Å². The Morgan fingerprint density at radius 1 is 0.957 bits per heavy atom. The lowest BCUT2D eigenvalue weighted by molar-refractivity contribution is -0.763. The van der Waals surface area contributed by atoms with E-state index in [1.54, 1.807) is 36.7 Å². The number of aromatic nitrogens is 3. The zero-order valence-electron chi connectivity index (χ0n) is 26.6. The second-order valence-electron chi connectivity index (χ2n) is 12.6. The first-order valence-corrected chi connectivity index (χ1v) is 15.9. The Balaban J connectivity index is 1.34. The van der Waals surface area contributed by atoms with E-state index in [9.17, 15) is 14.9 Å². The van der Waals surface area contributed by atoms with Crippen LogP contribution >= 0.6 is 0 Å². The maximum absolute atomic E-state index is 13.4. The van der Waals surface area contributed by atoms with Crippen molar-refractivity contribution >= 4 is 16.9 Å². The third kappa shape index (κ3) is 7.95. The van der Waals surface area contributed by atoms with Gasteiger partial charge in [-0.15, -0.1) is 10.1 Å². The van der Waals surface area contributed by atoms with Crippen molar-refractivity contribution in [1.29, 1.82) is 0 Å². The first-order valence-electron chi connectivity index (χ1n) is 15.9. The number of carbonyl (C=O) groups is 1. The number of rotatable bonds is 14. The number of ether oxygens (including phenoxy) is 2. The average Bonchev–Trinajstić information content (AvgIpc) is 3.31. The normalized spacial score (nSPS) is 13.2. The van der Waals surface area contributed by atoms with Crippen LogP contribution in [0, 0.1) is 16.0 Å².